The van der Waals surface area contributed by atoms with Crippen molar-refractivity contribution in [2.24, 2.45) is 5.92 Å². The zero-order valence-corrected chi connectivity index (χ0v) is 16.4. The standard InChI is InChI=1S/C22H28N4O2/c1-2-3-12-25(16-18-8-7-11-23-14-18)22(28)24-15-19-13-21(27)26(17-19)20-9-5-4-6-10-20/h4-11,14,19H,2-3,12-13,15-17H2,1H3,(H,24,28). The van der Waals surface area contributed by atoms with Gasteiger partial charge in [0.2, 0.25) is 5.91 Å². The second-order valence-corrected chi connectivity index (χ2v) is 7.23. The third-order valence-corrected chi connectivity index (χ3v) is 4.98. The molecular formula is C22H28N4O2. The van der Waals surface area contributed by atoms with Gasteiger partial charge < -0.3 is 15.1 Å². The number of urea groups is 1. The van der Waals surface area contributed by atoms with E-state index in [-0.39, 0.29) is 17.9 Å². The van der Waals surface area contributed by atoms with Gasteiger partial charge in [-0.3, -0.25) is 9.78 Å². The molecular weight excluding hydrogens is 352 g/mol. The summed E-state index contributed by atoms with van der Waals surface area (Å²) < 4.78 is 0. The fourth-order valence-electron chi connectivity index (χ4n) is 3.43. The average Bonchev–Trinajstić information content (AvgIpc) is 3.11. The predicted octanol–water partition coefficient (Wildman–Crippen LogP) is 3.45. The van der Waals surface area contributed by atoms with Gasteiger partial charge in [-0.05, 0) is 30.2 Å². The Morgan fingerprint density at radius 2 is 2.07 bits per heavy atom. The molecule has 1 fully saturated rings. The van der Waals surface area contributed by atoms with Crippen LogP contribution in [0, 0.1) is 5.92 Å². The molecule has 1 aliphatic heterocycles. The van der Waals surface area contributed by atoms with E-state index in [1.54, 1.807) is 17.3 Å². The third kappa shape index (κ3) is 5.31. The Kier molecular flexibility index (Phi) is 7.00. The highest BCUT2D eigenvalue weighted by atomic mass is 16.2. The Hall–Kier alpha value is -2.89. The van der Waals surface area contributed by atoms with Crippen molar-refractivity contribution >= 4 is 17.6 Å². The molecule has 6 nitrogen and oxygen atoms in total. The van der Waals surface area contributed by atoms with Crippen molar-refractivity contribution in [3.63, 3.8) is 0 Å². The van der Waals surface area contributed by atoms with Gasteiger partial charge in [-0.1, -0.05) is 37.6 Å². The van der Waals surface area contributed by atoms with Crippen LogP contribution in [0.5, 0.6) is 0 Å². The van der Waals surface area contributed by atoms with E-state index in [2.05, 4.69) is 17.2 Å². The zero-order valence-electron chi connectivity index (χ0n) is 16.4. The summed E-state index contributed by atoms with van der Waals surface area (Å²) in [6, 6.07) is 13.5. The molecule has 0 radical (unpaired) electrons. The second-order valence-electron chi connectivity index (χ2n) is 7.23. The lowest BCUT2D eigenvalue weighted by Crippen LogP contribution is -2.42. The maximum absolute atomic E-state index is 12.7. The van der Waals surface area contributed by atoms with E-state index in [1.807, 2.05) is 47.4 Å². The number of amides is 3. The molecule has 1 aromatic heterocycles. The van der Waals surface area contributed by atoms with Crippen molar-refractivity contribution in [2.75, 3.05) is 24.5 Å². The lowest BCUT2D eigenvalue weighted by Gasteiger charge is -2.24. The Labute approximate surface area is 166 Å². The molecule has 1 aliphatic rings. The molecule has 1 unspecified atom stereocenters. The first-order valence-corrected chi connectivity index (χ1v) is 9.94. The molecule has 1 aromatic carbocycles. The highest BCUT2D eigenvalue weighted by Gasteiger charge is 2.31. The van der Waals surface area contributed by atoms with Crippen LogP contribution in [0.1, 0.15) is 31.7 Å². The van der Waals surface area contributed by atoms with E-state index < -0.39 is 0 Å². The number of anilines is 1. The van der Waals surface area contributed by atoms with Crippen molar-refractivity contribution in [3.05, 3.63) is 60.4 Å². The van der Waals surface area contributed by atoms with Crippen LogP contribution < -0.4 is 10.2 Å². The summed E-state index contributed by atoms with van der Waals surface area (Å²) in [7, 11) is 0. The van der Waals surface area contributed by atoms with Gasteiger partial charge in [0.1, 0.15) is 0 Å². The van der Waals surface area contributed by atoms with E-state index in [9.17, 15) is 9.59 Å². The van der Waals surface area contributed by atoms with Crippen molar-refractivity contribution < 1.29 is 9.59 Å². The number of hydrogen-bond donors (Lipinski definition) is 1. The van der Waals surface area contributed by atoms with Crippen LogP contribution in [0.25, 0.3) is 0 Å². The molecule has 3 amide bonds. The molecule has 2 heterocycles. The molecule has 0 spiro atoms. The van der Waals surface area contributed by atoms with Crippen molar-refractivity contribution in [3.8, 4) is 0 Å². The SMILES string of the molecule is CCCCN(Cc1cccnc1)C(=O)NCC1CC(=O)N(c2ccccc2)C1. The number of benzene rings is 1. The highest BCUT2D eigenvalue weighted by Crippen LogP contribution is 2.24. The largest absolute Gasteiger partial charge is 0.338 e. The van der Waals surface area contributed by atoms with Gasteiger partial charge in [0, 0.05) is 56.6 Å². The molecule has 0 bridgehead atoms. The minimum atomic E-state index is -0.0806. The number of aromatic nitrogens is 1. The van der Waals surface area contributed by atoms with Crippen LogP contribution in [-0.2, 0) is 11.3 Å². The van der Waals surface area contributed by atoms with Crippen LogP contribution in [-0.4, -0.2) is 41.5 Å². The number of pyridine rings is 1. The maximum Gasteiger partial charge on any atom is 0.317 e. The van der Waals surface area contributed by atoms with Crippen LogP contribution in [0.2, 0.25) is 0 Å². The quantitative estimate of drug-likeness (QED) is 0.763. The Bertz CT molecular complexity index is 767. The smallest absolute Gasteiger partial charge is 0.317 e. The van der Waals surface area contributed by atoms with Crippen molar-refractivity contribution in [2.45, 2.75) is 32.7 Å². The fraction of sp³-hybridized carbons (Fsp3) is 0.409. The number of para-hydroxylation sites is 1. The summed E-state index contributed by atoms with van der Waals surface area (Å²) in [5.41, 5.74) is 1.93. The normalized spacial score (nSPS) is 16.2. The number of carbonyl (C=O) groups is 2. The first-order valence-electron chi connectivity index (χ1n) is 9.94. The average molecular weight is 380 g/mol. The molecule has 1 saturated heterocycles. The molecule has 148 valence electrons. The van der Waals surface area contributed by atoms with Crippen molar-refractivity contribution in [1.82, 2.24) is 15.2 Å². The van der Waals surface area contributed by atoms with E-state index >= 15 is 0 Å². The van der Waals surface area contributed by atoms with Gasteiger partial charge in [0.15, 0.2) is 0 Å². The Morgan fingerprint density at radius 3 is 2.79 bits per heavy atom. The van der Waals surface area contributed by atoms with Crippen molar-refractivity contribution in [1.29, 1.82) is 0 Å². The Balaban J connectivity index is 1.54. The van der Waals surface area contributed by atoms with Crippen LogP contribution >= 0.6 is 0 Å². The maximum atomic E-state index is 12.7. The van der Waals surface area contributed by atoms with E-state index in [4.69, 9.17) is 0 Å². The summed E-state index contributed by atoms with van der Waals surface area (Å²) in [4.78, 5) is 32.8. The molecule has 1 atom stereocenters. The number of unbranched alkanes of at least 4 members (excludes halogenated alkanes) is 1. The molecule has 28 heavy (non-hydrogen) atoms. The minimum Gasteiger partial charge on any atom is -0.338 e. The lowest BCUT2D eigenvalue weighted by atomic mass is 10.1. The second kappa shape index (κ2) is 9.88. The fourth-order valence-corrected chi connectivity index (χ4v) is 3.43. The molecule has 1 N–H and O–H groups in total. The van der Waals surface area contributed by atoms with Gasteiger partial charge in [0.25, 0.3) is 0 Å². The summed E-state index contributed by atoms with van der Waals surface area (Å²) in [5, 5.41) is 3.03. The summed E-state index contributed by atoms with van der Waals surface area (Å²) in [6.07, 6.45) is 5.97. The molecule has 0 aliphatic carbocycles. The number of nitrogens with one attached hydrogen (secondary N) is 1. The Morgan fingerprint density at radius 1 is 1.25 bits per heavy atom. The van der Waals surface area contributed by atoms with Gasteiger partial charge >= 0.3 is 6.03 Å². The van der Waals surface area contributed by atoms with Gasteiger partial charge in [-0.15, -0.1) is 0 Å². The predicted molar refractivity (Wildman–Crippen MR) is 110 cm³/mol. The number of nitrogens with zero attached hydrogens (tertiary/aromatic N) is 3. The van der Waals surface area contributed by atoms with Gasteiger partial charge in [0.05, 0.1) is 0 Å². The molecule has 6 heteroatoms. The molecule has 0 saturated carbocycles. The highest BCUT2D eigenvalue weighted by molar-refractivity contribution is 5.95. The summed E-state index contributed by atoms with van der Waals surface area (Å²) in [6.45, 7) is 4.50. The summed E-state index contributed by atoms with van der Waals surface area (Å²) in [5.74, 6) is 0.242. The van der Waals surface area contributed by atoms with Crippen LogP contribution in [0.15, 0.2) is 54.9 Å². The minimum absolute atomic E-state index is 0.0806. The van der Waals surface area contributed by atoms with Gasteiger partial charge in [-0.25, -0.2) is 4.79 Å². The van der Waals surface area contributed by atoms with Crippen LogP contribution in [0.3, 0.4) is 0 Å². The monoisotopic (exact) mass is 380 g/mol. The van der Waals surface area contributed by atoms with Gasteiger partial charge in [-0.2, -0.15) is 0 Å². The number of hydrogen-bond acceptors (Lipinski definition) is 3. The van der Waals surface area contributed by atoms with E-state index in [1.165, 1.54) is 0 Å². The molecule has 3 rings (SSSR count). The number of carbonyl (C=O) groups excluding carboxylic acids is 2. The third-order valence-electron chi connectivity index (χ3n) is 4.98. The first kappa shape index (κ1) is 19.9. The zero-order chi connectivity index (χ0) is 19.8. The summed E-state index contributed by atoms with van der Waals surface area (Å²) >= 11 is 0. The van der Waals surface area contributed by atoms with E-state index in [0.717, 1.165) is 24.1 Å². The van der Waals surface area contributed by atoms with Crippen LogP contribution in [0.4, 0.5) is 10.5 Å². The topological polar surface area (TPSA) is 65.5 Å². The van der Waals surface area contributed by atoms with E-state index in [0.29, 0.717) is 32.6 Å². The number of rotatable bonds is 8. The first-order chi connectivity index (χ1) is 13.7. The lowest BCUT2D eigenvalue weighted by molar-refractivity contribution is -0.117. The molecule has 2 aromatic rings.